The molecule has 2 rings (SSSR count). The summed E-state index contributed by atoms with van der Waals surface area (Å²) >= 11 is 0. The van der Waals surface area contributed by atoms with E-state index in [1.165, 1.54) is 0 Å². The van der Waals surface area contributed by atoms with Crippen LogP contribution in [0.1, 0.15) is 43.5 Å². The van der Waals surface area contributed by atoms with Crippen molar-refractivity contribution in [2.75, 3.05) is 24.6 Å². The number of nitrogens with one attached hydrogen (secondary N) is 1. The van der Waals surface area contributed by atoms with E-state index in [1.54, 1.807) is 0 Å². The Kier molecular flexibility index (Phi) is 5.12. The predicted molar refractivity (Wildman–Crippen MR) is 83.8 cm³/mol. The maximum atomic E-state index is 9.24. The SMILES string of the molecule is CCc1nnc(N2CCC(CO)CC2)c(C(=N)N)c1CC. The zero-order valence-electron chi connectivity index (χ0n) is 12.9. The molecule has 1 aromatic heterocycles. The van der Waals surface area contributed by atoms with Crippen molar-refractivity contribution in [2.24, 2.45) is 11.7 Å². The third-order valence-corrected chi connectivity index (χ3v) is 4.27. The molecule has 21 heavy (non-hydrogen) atoms. The monoisotopic (exact) mass is 291 g/mol. The Morgan fingerprint density at radius 1 is 1.29 bits per heavy atom. The second kappa shape index (κ2) is 6.85. The third kappa shape index (κ3) is 3.15. The van der Waals surface area contributed by atoms with Gasteiger partial charge in [0.15, 0.2) is 5.82 Å². The van der Waals surface area contributed by atoms with Crippen molar-refractivity contribution in [3.63, 3.8) is 0 Å². The van der Waals surface area contributed by atoms with E-state index in [4.69, 9.17) is 11.1 Å². The van der Waals surface area contributed by atoms with Gasteiger partial charge in [0.1, 0.15) is 5.84 Å². The first-order valence-electron chi connectivity index (χ1n) is 7.70. The number of nitrogens with two attached hydrogens (primary N) is 1. The van der Waals surface area contributed by atoms with Gasteiger partial charge in [-0.1, -0.05) is 13.8 Å². The first-order valence-corrected chi connectivity index (χ1v) is 7.70. The molecule has 0 saturated carbocycles. The molecule has 1 aliphatic rings. The summed E-state index contributed by atoms with van der Waals surface area (Å²) in [5.41, 5.74) is 8.53. The number of nitrogens with zero attached hydrogens (tertiary/aromatic N) is 3. The van der Waals surface area contributed by atoms with Crippen molar-refractivity contribution in [3.05, 3.63) is 16.8 Å². The number of aryl methyl sites for hydroxylation is 1. The predicted octanol–water partition coefficient (Wildman–Crippen LogP) is 1.09. The van der Waals surface area contributed by atoms with Crippen molar-refractivity contribution in [2.45, 2.75) is 39.5 Å². The van der Waals surface area contributed by atoms with Crippen molar-refractivity contribution >= 4 is 11.7 Å². The van der Waals surface area contributed by atoms with Crippen LogP contribution < -0.4 is 10.6 Å². The molecule has 0 amide bonds. The molecule has 0 radical (unpaired) electrons. The largest absolute Gasteiger partial charge is 0.396 e. The smallest absolute Gasteiger partial charge is 0.162 e. The zero-order valence-corrected chi connectivity index (χ0v) is 12.9. The van der Waals surface area contributed by atoms with Crippen molar-refractivity contribution in [1.82, 2.24) is 10.2 Å². The van der Waals surface area contributed by atoms with E-state index in [1.807, 2.05) is 6.92 Å². The first kappa shape index (κ1) is 15.7. The highest BCUT2D eigenvalue weighted by Crippen LogP contribution is 2.27. The average Bonchev–Trinajstić information content (AvgIpc) is 2.53. The Balaban J connectivity index is 2.37. The molecule has 0 spiro atoms. The van der Waals surface area contributed by atoms with Gasteiger partial charge >= 0.3 is 0 Å². The number of rotatable bonds is 5. The van der Waals surface area contributed by atoms with Crippen LogP contribution in [0.5, 0.6) is 0 Å². The number of amidine groups is 1. The number of nitrogen functional groups attached to an aromatic ring is 1. The Morgan fingerprint density at radius 3 is 2.43 bits per heavy atom. The molecular formula is C15H25N5O. The summed E-state index contributed by atoms with van der Waals surface area (Å²) in [5, 5.41) is 25.8. The number of aliphatic hydroxyl groups excluding tert-OH is 1. The number of aliphatic hydroxyl groups is 1. The fourth-order valence-corrected chi connectivity index (χ4v) is 2.99. The molecule has 1 aromatic rings. The molecule has 0 unspecified atom stereocenters. The maximum absolute atomic E-state index is 9.24. The number of anilines is 1. The summed E-state index contributed by atoms with van der Waals surface area (Å²) in [6.45, 7) is 6.00. The minimum atomic E-state index is 0.0655. The number of piperidine rings is 1. The standard InChI is InChI=1S/C15H25N5O/c1-3-11-12(4-2)18-19-15(13(11)14(16)17)20-7-5-10(9-21)6-8-20/h10,21H,3-9H2,1-2H3,(H3,16,17). The van der Waals surface area contributed by atoms with E-state index in [0.29, 0.717) is 5.92 Å². The van der Waals surface area contributed by atoms with Crippen molar-refractivity contribution < 1.29 is 5.11 Å². The lowest BCUT2D eigenvalue weighted by molar-refractivity contribution is 0.202. The Bertz CT molecular complexity index is 509. The number of hydrogen-bond donors (Lipinski definition) is 3. The molecule has 1 aliphatic heterocycles. The van der Waals surface area contributed by atoms with E-state index in [0.717, 1.165) is 61.4 Å². The number of hydrogen-bond acceptors (Lipinski definition) is 5. The highest BCUT2D eigenvalue weighted by Gasteiger charge is 2.25. The third-order valence-electron chi connectivity index (χ3n) is 4.27. The van der Waals surface area contributed by atoms with Crippen LogP contribution in [-0.2, 0) is 12.8 Å². The van der Waals surface area contributed by atoms with Crippen LogP contribution in [0.4, 0.5) is 5.82 Å². The van der Waals surface area contributed by atoms with Gasteiger partial charge < -0.3 is 15.7 Å². The zero-order chi connectivity index (χ0) is 15.4. The molecule has 1 fully saturated rings. The summed E-state index contributed by atoms with van der Waals surface area (Å²) in [6, 6.07) is 0. The lowest BCUT2D eigenvalue weighted by Gasteiger charge is -2.33. The molecule has 6 heteroatoms. The van der Waals surface area contributed by atoms with Crippen molar-refractivity contribution in [1.29, 1.82) is 5.41 Å². The summed E-state index contributed by atoms with van der Waals surface area (Å²) < 4.78 is 0. The quantitative estimate of drug-likeness (QED) is 0.557. The van der Waals surface area contributed by atoms with Crippen LogP contribution in [0.15, 0.2) is 0 Å². The summed E-state index contributed by atoms with van der Waals surface area (Å²) in [6.07, 6.45) is 3.47. The highest BCUT2D eigenvalue weighted by atomic mass is 16.3. The van der Waals surface area contributed by atoms with Gasteiger partial charge in [-0.05, 0) is 37.2 Å². The normalized spacial score (nSPS) is 16.2. The molecule has 0 aliphatic carbocycles. The van der Waals surface area contributed by atoms with Gasteiger partial charge in [-0.15, -0.1) is 5.10 Å². The van der Waals surface area contributed by atoms with E-state index < -0.39 is 0 Å². The van der Waals surface area contributed by atoms with Gasteiger partial charge in [0.25, 0.3) is 0 Å². The summed E-state index contributed by atoms with van der Waals surface area (Å²) in [5.74, 6) is 1.17. The van der Waals surface area contributed by atoms with Gasteiger partial charge in [0.05, 0.1) is 11.3 Å². The lowest BCUT2D eigenvalue weighted by Crippen LogP contribution is -2.37. The van der Waals surface area contributed by atoms with Crippen LogP contribution in [0.25, 0.3) is 0 Å². The molecular weight excluding hydrogens is 266 g/mol. The molecule has 0 aromatic carbocycles. The lowest BCUT2D eigenvalue weighted by atomic mass is 9.96. The second-order valence-electron chi connectivity index (χ2n) is 5.56. The van der Waals surface area contributed by atoms with Crippen LogP contribution in [0.3, 0.4) is 0 Å². The van der Waals surface area contributed by atoms with E-state index in [-0.39, 0.29) is 12.4 Å². The van der Waals surface area contributed by atoms with Crippen LogP contribution in [0.2, 0.25) is 0 Å². The van der Waals surface area contributed by atoms with Crippen LogP contribution >= 0.6 is 0 Å². The molecule has 0 bridgehead atoms. The second-order valence-corrected chi connectivity index (χ2v) is 5.56. The molecule has 116 valence electrons. The highest BCUT2D eigenvalue weighted by molar-refractivity contribution is 6.01. The minimum absolute atomic E-state index is 0.0655. The van der Waals surface area contributed by atoms with Gasteiger partial charge in [-0.25, -0.2) is 0 Å². The summed E-state index contributed by atoms with van der Waals surface area (Å²) in [7, 11) is 0. The van der Waals surface area contributed by atoms with Gasteiger partial charge in [0.2, 0.25) is 0 Å². The fourth-order valence-electron chi connectivity index (χ4n) is 2.99. The van der Waals surface area contributed by atoms with E-state index in [2.05, 4.69) is 22.0 Å². The first-order chi connectivity index (χ1) is 10.1. The Labute approximate surface area is 125 Å². The van der Waals surface area contributed by atoms with Crippen LogP contribution in [0, 0.1) is 11.3 Å². The topological polar surface area (TPSA) is 99.1 Å². The molecule has 2 heterocycles. The van der Waals surface area contributed by atoms with E-state index in [9.17, 15) is 5.11 Å². The number of aromatic nitrogens is 2. The molecule has 6 nitrogen and oxygen atoms in total. The minimum Gasteiger partial charge on any atom is -0.396 e. The van der Waals surface area contributed by atoms with Gasteiger partial charge in [-0.2, -0.15) is 5.10 Å². The molecule has 4 N–H and O–H groups in total. The average molecular weight is 291 g/mol. The Hall–Kier alpha value is -1.69. The fraction of sp³-hybridized carbons (Fsp3) is 0.667. The van der Waals surface area contributed by atoms with Gasteiger partial charge in [-0.3, -0.25) is 5.41 Å². The van der Waals surface area contributed by atoms with E-state index >= 15 is 0 Å². The maximum Gasteiger partial charge on any atom is 0.162 e. The van der Waals surface area contributed by atoms with Crippen molar-refractivity contribution in [3.8, 4) is 0 Å². The Morgan fingerprint density at radius 2 is 1.95 bits per heavy atom. The van der Waals surface area contributed by atoms with Gasteiger partial charge in [0, 0.05) is 19.7 Å². The molecule has 0 atom stereocenters. The van der Waals surface area contributed by atoms with Crippen LogP contribution in [-0.4, -0.2) is 40.8 Å². The summed E-state index contributed by atoms with van der Waals surface area (Å²) in [4.78, 5) is 2.15. The molecule has 1 saturated heterocycles.